The van der Waals surface area contributed by atoms with Crippen molar-refractivity contribution in [2.24, 2.45) is 0 Å². The van der Waals surface area contributed by atoms with E-state index in [2.05, 4.69) is 58.7 Å². The summed E-state index contributed by atoms with van der Waals surface area (Å²) >= 11 is 0. The molecule has 1 saturated heterocycles. The van der Waals surface area contributed by atoms with Crippen LogP contribution in [0.1, 0.15) is 22.3 Å². The number of aryl methyl sites for hydroxylation is 1. The minimum Gasteiger partial charge on any atom is -0.385 e. The van der Waals surface area contributed by atoms with Crippen molar-refractivity contribution in [3.63, 3.8) is 0 Å². The Balaban J connectivity index is 1.23. The zero-order valence-corrected chi connectivity index (χ0v) is 17.3. The van der Waals surface area contributed by atoms with Crippen molar-refractivity contribution in [3.05, 3.63) is 96.1 Å². The minimum atomic E-state index is 0.123. The first-order valence-corrected chi connectivity index (χ1v) is 10.8. The molecule has 4 heteroatoms. The van der Waals surface area contributed by atoms with Gasteiger partial charge in [-0.1, -0.05) is 48.5 Å². The van der Waals surface area contributed by atoms with Gasteiger partial charge in [0.1, 0.15) is 0 Å². The van der Waals surface area contributed by atoms with E-state index in [-0.39, 0.29) is 5.91 Å². The summed E-state index contributed by atoms with van der Waals surface area (Å²) in [7, 11) is 0. The normalized spacial score (nSPS) is 13.9. The lowest BCUT2D eigenvalue weighted by Gasteiger charge is -2.36. The predicted molar refractivity (Wildman–Crippen MR) is 124 cm³/mol. The van der Waals surface area contributed by atoms with Gasteiger partial charge in [-0.3, -0.25) is 4.79 Å². The van der Waals surface area contributed by atoms with E-state index < -0.39 is 0 Å². The molecule has 0 aliphatic carbocycles. The average Bonchev–Trinajstić information content (AvgIpc) is 2.83. The summed E-state index contributed by atoms with van der Waals surface area (Å²) in [5.41, 5.74) is 4.42. The molecule has 0 spiro atoms. The van der Waals surface area contributed by atoms with Crippen LogP contribution < -0.4 is 10.2 Å². The Morgan fingerprint density at radius 1 is 0.767 bits per heavy atom. The van der Waals surface area contributed by atoms with Crippen molar-refractivity contribution in [1.82, 2.24) is 4.90 Å². The monoisotopic (exact) mass is 399 g/mol. The molecule has 0 unspecified atom stereocenters. The number of hydrogen-bond donors (Lipinski definition) is 1. The molecule has 1 fully saturated rings. The first-order valence-electron chi connectivity index (χ1n) is 10.8. The van der Waals surface area contributed by atoms with Crippen LogP contribution in [0.3, 0.4) is 0 Å². The van der Waals surface area contributed by atoms with Crippen LogP contribution in [0, 0.1) is 0 Å². The maximum atomic E-state index is 12.9. The average molecular weight is 400 g/mol. The van der Waals surface area contributed by atoms with Crippen molar-refractivity contribution in [1.29, 1.82) is 0 Å². The molecule has 0 saturated carbocycles. The fourth-order valence-corrected chi connectivity index (χ4v) is 3.89. The van der Waals surface area contributed by atoms with E-state index in [1.54, 1.807) is 0 Å². The number of rotatable bonds is 7. The fraction of sp³-hybridized carbons (Fsp3) is 0.269. The number of amides is 1. The van der Waals surface area contributed by atoms with Gasteiger partial charge in [0.05, 0.1) is 0 Å². The molecule has 1 aliphatic rings. The second kappa shape index (κ2) is 9.97. The van der Waals surface area contributed by atoms with E-state index in [1.807, 2.05) is 41.3 Å². The van der Waals surface area contributed by atoms with Crippen LogP contribution in [0.5, 0.6) is 0 Å². The molecule has 0 aromatic heterocycles. The van der Waals surface area contributed by atoms with Gasteiger partial charge in [-0.2, -0.15) is 0 Å². The van der Waals surface area contributed by atoms with Crippen LogP contribution in [-0.2, 0) is 6.42 Å². The Bertz CT molecular complexity index is 918. The first kappa shape index (κ1) is 20.0. The van der Waals surface area contributed by atoms with Gasteiger partial charge in [-0.15, -0.1) is 0 Å². The summed E-state index contributed by atoms with van der Waals surface area (Å²) in [6.45, 7) is 4.18. The summed E-state index contributed by atoms with van der Waals surface area (Å²) in [6, 6.07) is 28.8. The number of nitrogens with one attached hydrogen (secondary N) is 1. The largest absolute Gasteiger partial charge is 0.385 e. The van der Waals surface area contributed by atoms with Crippen LogP contribution in [0.2, 0.25) is 0 Å². The lowest BCUT2D eigenvalue weighted by atomic mass is 10.1. The van der Waals surface area contributed by atoms with Gasteiger partial charge in [-0.05, 0) is 54.8 Å². The summed E-state index contributed by atoms with van der Waals surface area (Å²) in [5, 5.41) is 3.45. The molecule has 0 radical (unpaired) electrons. The number of carbonyl (C=O) groups excluding carboxylic acids is 1. The standard InChI is InChI=1S/C26H29N3O/c30-26(29-20-18-28(19-21-29)25-11-5-2-6-12-25)23-13-15-24(16-14-23)27-17-7-10-22-8-3-1-4-9-22/h1-6,8-9,11-16,27H,7,10,17-21H2. The van der Waals surface area contributed by atoms with Crippen molar-refractivity contribution in [3.8, 4) is 0 Å². The molecule has 0 bridgehead atoms. The molecule has 4 rings (SSSR count). The molecule has 4 nitrogen and oxygen atoms in total. The Labute approximate surface area is 179 Å². The van der Waals surface area contributed by atoms with Crippen LogP contribution in [0.15, 0.2) is 84.9 Å². The smallest absolute Gasteiger partial charge is 0.253 e. The van der Waals surface area contributed by atoms with Gasteiger partial charge >= 0.3 is 0 Å². The van der Waals surface area contributed by atoms with Crippen LogP contribution in [0.4, 0.5) is 11.4 Å². The van der Waals surface area contributed by atoms with Crippen LogP contribution >= 0.6 is 0 Å². The Morgan fingerprint density at radius 3 is 2.07 bits per heavy atom. The highest BCUT2D eigenvalue weighted by Gasteiger charge is 2.22. The predicted octanol–water partition coefficient (Wildman–Crippen LogP) is 4.69. The number of anilines is 2. The number of piperazine rings is 1. The molecule has 1 N–H and O–H groups in total. The highest BCUT2D eigenvalue weighted by Crippen LogP contribution is 2.18. The molecule has 1 aliphatic heterocycles. The van der Waals surface area contributed by atoms with E-state index in [9.17, 15) is 4.79 Å². The van der Waals surface area contributed by atoms with Gasteiger partial charge in [0.25, 0.3) is 5.91 Å². The number of carbonyl (C=O) groups is 1. The minimum absolute atomic E-state index is 0.123. The topological polar surface area (TPSA) is 35.6 Å². The molecule has 30 heavy (non-hydrogen) atoms. The van der Waals surface area contributed by atoms with E-state index in [1.165, 1.54) is 11.3 Å². The first-order chi connectivity index (χ1) is 14.8. The van der Waals surface area contributed by atoms with Crippen molar-refractivity contribution in [2.45, 2.75) is 12.8 Å². The highest BCUT2D eigenvalue weighted by molar-refractivity contribution is 5.94. The summed E-state index contributed by atoms with van der Waals surface area (Å²) in [5.74, 6) is 0.123. The SMILES string of the molecule is O=C(c1ccc(NCCCc2ccccc2)cc1)N1CCN(c2ccccc2)CC1. The van der Waals surface area contributed by atoms with Crippen LogP contribution in [-0.4, -0.2) is 43.5 Å². The Hall–Kier alpha value is -3.27. The van der Waals surface area contributed by atoms with Gasteiger partial charge in [-0.25, -0.2) is 0 Å². The molecular weight excluding hydrogens is 370 g/mol. The lowest BCUT2D eigenvalue weighted by molar-refractivity contribution is 0.0747. The Kier molecular flexibility index (Phi) is 6.65. The van der Waals surface area contributed by atoms with E-state index >= 15 is 0 Å². The van der Waals surface area contributed by atoms with Gasteiger partial charge in [0.2, 0.25) is 0 Å². The number of benzene rings is 3. The molecule has 1 heterocycles. The zero-order valence-electron chi connectivity index (χ0n) is 17.3. The van der Waals surface area contributed by atoms with Gasteiger partial charge < -0.3 is 15.1 Å². The van der Waals surface area contributed by atoms with Crippen LogP contribution in [0.25, 0.3) is 0 Å². The zero-order chi connectivity index (χ0) is 20.6. The second-order valence-corrected chi connectivity index (χ2v) is 7.71. The molecule has 1 amide bonds. The van der Waals surface area contributed by atoms with E-state index in [0.29, 0.717) is 0 Å². The molecule has 3 aromatic carbocycles. The third-order valence-electron chi connectivity index (χ3n) is 5.63. The van der Waals surface area contributed by atoms with Gasteiger partial charge in [0.15, 0.2) is 0 Å². The van der Waals surface area contributed by atoms with Crippen molar-refractivity contribution < 1.29 is 4.79 Å². The third-order valence-corrected chi connectivity index (χ3v) is 5.63. The molecule has 0 atom stereocenters. The number of nitrogens with zero attached hydrogens (tertiary/aromatic N) is 2. The second-order valence-electron chi connectivity index (χ2n) is 7.71. The maximum absolute atomic E-state index is 12.9. The highest BCUT2D eigenvalue weighted by atomic mass is 16.2. The lowest BCUT2D eigenvalue weighted by Crippen LogP contribution is -2.48. The van der Waals surface area contributed by atoms with E-state index in [4.69, 9.17) is 0 Å². The summed E-state index contributed by atoms with van der Waals surface area (Å²) in [6.07, 6.45) is 2.15. The molecule has 3 aromatic rings. The van der Waals surface area contributed by atoms with Gasteiger partial charge in [0, 0.05) is 49.7 Å². The van der Waals surface area contributed by atoms with Crippen molar-refractivity contribution >= 4 is 17.3 Å². The maximum Gasteiger partial charge on any atom is 0.253 e. The molecule has 154 valence electrons. The number of para-hydroxylation sites is 1. The Morgan fingerprint density at radius 2 is 1.40 bits per heavy atom. The number of hydrogen-bond acceptors (Lipinski definition) is 3. The third kappa shape index (κ3) is 5.20. The fourth-order valence-electron chi connectivity index (χ4n) is 3.89. The van der Waals surface area contributed by atoms with Crippen molar-refractivity contribution in [2.75, 3.05) is 42.9 Å². The van der Waals surface area contributed by atoms with E-state index in [0.717, 1.165) is 56.8 Å². The summed E-state index contributed by atoms with van der Waals surface area (Å²) < 4.78 is 0. The summed E-state index contributed by atoms with van der Waals surface area (Å²) in [4.78, 5) is 17.2. The molecular formula is C26H29N3O. The quantitative estimate of drug-likeness (QED) is 0.585.